The number of nitrogens with one attached hydrogen (secondary N) is 1. The lowest BCUT2D eigenvalue weighted by atomic mass is 9.92. The van der Waals surface area contributed by atoms with Gasteiger partial charge in [-0.15, -0.1) is 0 Å². The summed E-state index contributed by atoms with van der Waals surface area (Å²) in [6, 6.07) is 6.44. The van der Waals surface area contributed by atoms with Gasteiger partial charge in [0.1, 0.15) is 0 Å². The number of anilines is 1. The predicted molar refractivity (Wildman–Crippen MR) is 70.8 cm³/mol. The van der Waals surface area contributed by atoms with Crippen molar-refractivity contribution in [2.24, 2.45) is 0 Å². The van der Waals surface area contributed by atoms with Gasteiger partial charge in [0.15, 0.2) is 0 Å². The second kappa shape index (κ2) is 5.19. The molecule has 0 aliphatic heterocycles. The molecule has 16 heavy (non-hydrogen) atoms. The SMILES string of the molecule is Cc1cc(N[C@H]2CCCC[C@@H]2O)ccc1Br. The zero-order chi connectivity index (χ0) is 11.5. The molecule has 1 aliphatic carbocycles. The van der Waals surface area contributed by atoms with Gasteiger partial charge in [0.2, 0.25) is 0 Å². The number of aliphatic hydroxyl groups excluding tert-OH is 1. The van der Waals surface area contributed by atoms with Crippen molar-refractivity contribution in [3.63, 3.8) is 0 Å². The molecule has 3 heteroatoms. The number of aryl methyl sites for hydroxylation is 1. The van der Waals surface area contributed by atoms with E-state index in [-0.39, 0.29) is 12.1 Å². The molecule has 0 bridgehead atoms. The van der Waals surface area contributed by atoms with Crippen LogP contribution in [0.15, 0.2) is 22.7 Å². The van der Waals surface area contributed by atoms with Crippen molar-refractivity contribution in [3.8, 4) is 0 Å². The minimum absolute atomic E-state index is 0.197. The maximum atomic E-state index is 9.88. The third-order valence-electron chi connectivity index (χ3n) is 3.24. The highest BCUT2D eigenvalue weighted by Gasteiger charge is 2.22. The number of hydrogen-bond donors (Lipinski definition) is 2. The highest BCUT2D eigenvalue weighted by molar-refractivity contribution is 9.10. The quantitative estimate of drug-likeness (QED) is 0.871. The van der Waals surface area contributed by atoms with E-state index in [2.05, 4.69) is 40.3 Å². The van der Waals surface area contributed by atoms with Gasteiger partial charge in [-0.05, 0) is 43.5 Å². The van der Waals surface area contributed by atoms with Gasteiger partial charge in [0.25, 0.3) is 0 Å². The lowest BCUT2D eigenvalue weighted by Gasteiger charge is -2.29. The Balaban J connectivity index is 2.05. The van der Waals surface area contributed by atoms with E-state index in [1.54, 1.807) is 0 Å². The molecule has 0 aromatic heterocycles. The zero-order valence-corrected chi connectivity index (χ0v) is 11.1. The highest BCUT2D eigenvalue weighted by Crippen LogP contribution is 2.25. The molecule has 88 valence electrons. The van der Waals surface area contributed by atoms with Crippen molar-refractivity contribution >= 4 is 21.6 Å². The Morgan fingerprint density at radius 1 is 1.31 bits per heavy atom. The summed E-state index contributed by atoms with van der Waals surface area (Å²) in [5, 5.41) is 13.3. The van der Waals surface area contributed by atoms with Crippen molar-refractivity contribution in [2.45, 2.75) is 44.8 Å². The number of hydrogen-bond acceptors (Lipinski definition) is 2. The summed E-state index contributed by atoms with van der Waals surface area (Å²) < 4.78 is 1.13. The van der Waals surface area contributed by atoms with E-state index in [4.69, 9.17) is 0 Å². The number of aliphatic hydroxyl groups is 1. The largest absolute Gasteiger partial charge is 0.391 e. The van der Waals surface area contributed by atoms with E-state index >= 15 is 0 Å². The molecule has 2 nitrogen and oxygen atoms in total. The van der Waals surface area contributed by atoms with Gasteiger partial charge < -0.3 is 10.4 Å². The molecule has 0 spiro atoms. The summed E-state index contributed by atoms with van der Waals surface area (Å²) in [5.41, 5.74) is 2.32. The lowest BCUT2D eigenvalue weighted by molar-refractivity contribution is 0.116. The molecular weight excluding hydrogens is 266 g/mol. The average molecular weight is 284 g/mol. The van der Waals surface area contributed by atoms with Crippen LogP contribution in [0.3, 0.4) is 0 Å². The highest BCUT2D eigenvalue weighted by atomic mass is 79.9. The van der Waals surface area contributed by atoms with Crippen LogP contribution in [-0.4, -0.2) is 17.3 Å². The van der Waals surface area contributed by atoms with Crippen molar-refractivity contribution < 1.29 is 5.11 Å². The van der Waals surface area contributed by atoms with Crippen LogP contribution in [0.4, 0.5) is 5.69 Å². The normalized spacial score (nSPS) is 25.4. The molecule has 0 amide bonds. The minimum Gasteiger partial charge on any atom is -0.391 e. The number of rotatable bonds is 2. The molecule has 1 aliphatic rings. The van der Waals surface area contributed by atoms with Gasteiger partial charge in [0, 0.05) is 10.2 Å². The fourth-order valence-corrected chi connectivity index (χ4v) is 2.47. The van der Waals surface area contributed by atoms with Gasteiger partial charge in [-0.25, -0.2) is 0 Å². The van der Waals surface area contributed by atoms with Crippen LogP contribution >= 0.6 is 15.9 Å². The van der Waals surface area contributed by atoms with E-state index in [9.17, 15) is 5.11 Å². The monoisotopic (exact) mass is 283 g/mol. The zero-order valence-electron chi connectivity index (χ0n) is 9.54. The Morgan fingerprint density at radius 3 is 2.75 bits per heavy atom. The Morgan fingerprint density at radius 2 is 2.06 bits per heavy atom. The first kappa shape index (κ1) is 11.9. The van der Waals surface area contributed by atoms with E-state index in [0.717, 1.165) is 29.4 Å². The van der Waals surface area contributed by atoms with Crippen molar-refractivity contribution in [2.75, 3.05) is 5.32 Å². The molecule has 1 fully saturated rings. The van der Waals surface area contributed by atoms with Gasteiger partial charge in [0.05, 0.1) is 12.1 Å². The minimum atomic E-state index is -0.197. The van der Waals surface area contributed by atoms with Crippen LogP contribution in [0, 0.1) is 6.92 Å². The number of halogens is 1. The molecular formula is C13H18BrNO. The topological polar surface area (TPSA) is 32.3 Å². The summed E-state index contributed by atoms with van der Waals surface area (Å²) in [7, 11) is 0. The Labute approximate surface area is 105 Å². The molecule has 2 rings (SSSR count). The van der Waals surface area contributed by atoms with Crippen LogP contribution in [0.1, 0.15) is 31.2 Å². The summed E-state index contributed by atoms with van der Waals surface area (Å²) >= 11 is 3.49. The lowest BCUT2D eigenvalue weighted by Crippen LogP contribution is -2.36. The van der Waals surface area contributed by atoms with E-state index < -0.39 is 0 Å². The first-order chi connectivity index (χ1) is 7.66. The number of benzene rings is 1. The summed E-state index contributed by atoms with van der Waals surface area (Å²) in [5.74, 6) is 0. The second-order valence-electron chi connectivity index (χ2n) is 4.57. The fraction of sp³-hybridized carbons (Fsp3) is 0.538. The van der Waals surface area contributed by atoms with Gasteiger partial charge in [-0.3, -0.25) is 0 Å². The van der Waals surface area contributed by atoms with E-state index in [1.807, 2.05) is 6.07 Å². The summed E-state index contributed by atoms with van der Waals surface area (Å²) in [6.45, 7) is 2.08. The van der Waals surface area contributed by atoms with Crippen LogP contribution in [0.5, 0.6) is 0 Å². The van der Waals surface area contributed by atoms with Crippen LogP contribution in [0.2, 0.25) is 0 Å². The van der Waals surface area contributed by atoms with Crippen LogP contribution in [-0.2, 0) is 0 Å². The molecule has 0 heterocycles. The van der Waals surface area contributed by atoms with E-state index in [0.29, 0.717) is 0 Å². The smallest absolute Gasteiger partial charge is 0.0741 e. The molecule has 0 radical (unpaired) electrons. The van der Waals surface area contributed by atoms with Crippen molar-refractivity contribution in [1.82, 2.24) is 0 Å². The third kappa shape index (κ3) is 2.77. The van der Waals surface area contributed by atoms with Crippen molar-refractivity contribution in [3.05, 3.63) is 28.2 Å². The van der Waals surface area contributed by atoms with Crippen LogP contribution < -0.4 is 5.32 Å². The first-order valence-electron chi connectivity index (χ1n) is 5.87. The van der Waals surface area contributed by atoms with Gasteiger partial charge >= 0.3 is 0 Å². The molecule has 0 unspecified atom stereocenters. The third-order valence-corrected chi connectivity index (χ3v) is 4.13. The molecule has 0 saturated heterocycles. The molecule has 2 atom stereocenters. The molecule has 2 N–H and O–H groups in total. The Bertz CT molecular complexity index is 367. The Kier molecular flexibility index (Phi) is 3.87. The van der Waals surface area contributed by atoms with Crippen molar-refractivity contribution in [1.29, 1.82) is 0 Å². The Hall–Kier alpha value is -0.540. The van der Waals surface area contributed by atoms with Gasteiger partial charge in [-0.1, -0.05) is 28.8 Å². The first-order valence-corrected chi connectivity index (χ1v) is 6.67. The van der Waals surface area contributed by atoms with Crippen LogP contribution in [0.25, 0.3) is 0 Å². The van der Waals surface area contributed by atoms with Gasteiger partial charge in [-0.2, -0.15) is 0 Å². The standard InChI is InChI=1S/C13H18BrNO/c1-9-8-10(6-7-11(9)14)15-12-4-2-3-5-13(12)16/h6-8,12-13,15-16H,2-5H2,1H3/t12-,13-/m0/s1. The summed E-state index contributed by atoms with van der Waals surface area (Å²) in [4.78, 5) is 0. The summed E-state index contributed by atoms with van der Waals surface area (Å²) in [6.07, 6.45) is 4.16. The second-order valence-corrected chi connectivity index (χ2v) is 5.42. The maximum absolute atomic E-state index is 9.88. The fourth-order valence-electron chi connectivity index (χ4n) is 2.23. The molecule has 1 aromatic carbocycles. The predicted octanol–water partition coefficient (Wildman–Crippen LogP) is 3.47. The molecule has 1 saturated carbocycles. The maximum Gasteiger partial charge on any atom is 0.0741 e. The molecule has 1 aromatic rings. The van der Waals surface area contributed by atoms with E-state index in [1.165, 1.54) is 12.0 Å². The average Bonchev–Trinajstić information content (AvgIpc) is 2.27.